The summed E-state index contributed by atoms with van der Waals surface area (Å²) in [5.41, 5.74) is 3.11. The lowest BCUT2D eigenvalue weighted by Crippen LogP contribution is -2.18. The lowest BCUT2D eigenvalue weighted by atomic mass is 10.0. The summed E-state index contributed by atoms with van der Waals surface area (Å²) in [4.78, 5) is 0. The van der Waals surface area contributed by atoms with Gasteiger partial charge in [0, 0.05) is 23.2 Å². The van der Waals surface area contributed by atoms with Gasteiger partial charge in [-0.15, -0.1) is 0 Å². The molecule has 0 spiro atoms. The molecular formula is C17H19ClFN. The predicted octanol–water partition coefficient (Wildman–Crippen LogP) is 4.89. The van der Waals surface area contributed by atoms with Gasteiger partial charge in [-0.3, -0.25) is 0 Å². The molecule has 0 radical (unpaired) electrons. The molecule has 2 aromatic rings. The second-order valence-corrected chi connectivity index (χ2v) is 5.37. The van der Waals surface area contributed by atoms with Crippen molar-refractivity contribution in [3.8, 4) is 0 Å². The molecule has 2 rings (SSSR count). The Balaban J connectivity index is 2.00. The SMILES string of the molecule is CCc1ccc(C(C)NCc2cc(Cl)ccc2F)cc1. The van der Waals surface area contributed by atoms with E-state index in [9.17, 15) is 4.39 Å². The van der Waals surface area contributed by atoms with Crippen molar-refractivity contribution >= 4 is 11.6 Å². The summed E-state index contributed by atoms with van der Waals surface area (Å²) in [5, 5.41) is 3.88. The fourth-order valence-electron chi connectivity index (χ4n) is 2.10. The molecule has 0 bridgehead atoms. The Morgan fingerprint density at radius 1 is 1.15 bits per heavy atom. The van der Waals surface area contributed by atoms with E-state index in [1.165, 1.54) is 17.2 Å². The van der Waals surface area contributed by atoms with Gasteiger partial charge in [0.15, 0.2) is 0 Å². The van der Waals surface area contributed by atoms with E-state index in [2.05, 4.69) is 43.4 Å². The van der Waals surface area contributed by atoms with Gasteiger partial charge in [-0.05, 0) is 42.7 Å². The van der Waals surface area contributed by atoms with Crippen LogP contribution in [0.5, 0.6) is 0 Å². The van der Waals surface area contributed by atoms with Crippen molar-refractivity contribution in [1.82, 2.24) is 5.32 Å². The Morgan fingerprint density at radius 2 is 1.85 bits per heavy atom. The van der Waals surface area contributed by atoms with Gasteiger partial charge in [-0.25, -0.2) is 4.39 Å². The Morgan fingerprint density at radius 3 is 2.50 bits per heavy atom. The van der Waals surface area contributed by atoms with Crippen molar-refractivity contribution in [2.75, 3.05) is 0 Å². The molecule has 0 heterocycles. The molecule has 1 atom stereocenters. The third-order valence-corrected chi connectivity index (χ3v) is 3.73. The molecule has 0 fully saturated rings. The molecule has 0 saturated carbocycles. The minimum atomic E-state index is -0.226. The smallest absolute Gasteiger partial charge is 0.127 e. The number of nitrogens with one attached hydrogen (secondary N) is 1. The predicted molar refractivity (Wildman–Crippen MR) is 82.5 cm³/mol. The van der Waals surface area contributed by atoms with Gasteiger partial charge in [-0.2, -0.15) is 0 Å². The maximum atomic E-state index is 13.6. The first-order valence-electron chi connectivity index (χ1n) is 6.86. The van der Waals surface area contributed by atoms with E-state index in [4.69, 9.17) is 11.6 Å². The summed E-state index contributed by atoms with van der Waals surface area (Å²) in [7, 11) is 0. The fraction of sp³-hybridized carbons (Fsp3) is 0.294. The van der Waals surface area contributed by atoms with Crippen LogP contribution >= 0.6 is 11.6 Å². The highest BCUT2D eigenvalue weighted by Gasteiger charge is 2.07. The van der Waals surface area contributed by atoms with Crippen LogP contribution < -0.4 is 5.32 Å². The van der Waals surface area contributed by atoms with Gasteiger partial charge in [-0.1, -0.05) is 42.8 Å². The average Bonchev–Trinajstić information content (AvgIpc) is 2.48. The molecule has 106 valence electrons. The highest BCUT2D eigenvalue weighted by atomic mass is 35.5. The van der Waals surface area contributed by atoms with Crippen molar-refractivity contribution < 1.29 is 4.39 Å². The van der Waals surface area contributed by atoms with Crippen LogP contribution in [0.4, 0.5) is 4.39 Å². The van der Waals surface area contributed by atoms with Gasteiger partial charge in [0.25, 0.3) is 0 Å². The van der Waals surface area contributed by atoms with Gasteiger partial charge in [0.1, 0.15) is 5.82 Å². The van der Waals surface area contributed by atoms with Crippen molar-refractivity contribution in [2.24, 2.45) is 0 Å². The summed E-state index contributed by atoms with van der Waals surface area (Å²) in [6, 6.07) is 13.3. The van der Waals surface area contributed by atoms with Crippen molar-refractivity contribution in [2.45, 2.75) is 32.9 Å². The molecule has 1 N–H and O–H groups in total. The standard InChI is InChI=1S/C17H19ClFN/c1-3-13-4-6-14(7-5-13)12(2)20-11-15-10-16(18)8-9-17(15)19/h4-10,12,20H,3,11H2,1-2H3. The van der Waals surface area contributed by atoms with Gasteiger partial charge >= 0.3 is 0 Å². The van der Waals surface area contributed by atoms with Crippen LogP contribution in [0.25, 0.3) is 0 Å². The van der Waals surface area contributed by atoms with Crippen molar-refractivity contribution in [1.29, 1.82) is 0 Å². The summed E-state index contributed by atoms with van der Waals surface area (Å²) >= 11 is 5.89. The molecule has 20 heavy (non-hydrogen) atoms. The van der Waals surface area contributed by atoms with E-state index in [0.29, 0.717) is 17.1 Å². The molecule has 0 saturated heterocycles. The first-order valence-corrected chi connectivity index (χ1v) is 7.24. The first kappa shape index (κ1) is 15.0. The Bertz CT molecular complexity index is 566. The zero-order chi connectivity index (χ0) is 14.5. The summed E-state index contributed by atoms with van der Waals surface area (Å²) in [6.45, 7) is 4.67. The second-order valence-electron chi connectivity index (χ2n) is 4.93. The molecule has 1 unspecified atom stereocenters. The quantitative estimate of drug-likeness (QED) is 0.827. The van der Waals surface area contributed by atoms with Gasteiger partial charge in [0.05, 0.1) is 0 Å². The number of rotatable bonds is 5. The first-order chi connectivity index (χ1) is 9.60. The molecule has 1 nitrogen and oxygen atoms in total. The van der Waals surface area contributed by atoms with Crippen LogP contribution in [-0.2, 0) is 13.0 Å². The molecule has 0 amide bonds. The molecular weight excluding hydrogens is 273 g/mol. The van der Waals surface area contributed by atoms with Crippen LogP contribution in [0.3, 0.4) is 0 Å². The van der Waals surface area contributed by atoms with Gasteiger partial charge in [0.2, 0.25) is 0 Å². The lowest BCUT2D eigenvalue weighted by molar-refractivity contribution is 0.544. The monoisotopic (exact) mass is 291 g/mol. The molecule has 0 aliphatic rings. The van der Waals surface area contributed by atoms with Gasteiger partial charge < -0.3 is 5.32 Å². The third kappa shape index (κ3) is 3.81. The van der Waals surface area contributed by atoms with E-state index in [-0.39, 0.29) is 11.9 Å². The molecule has 0 aromatic heterocycles. The fourth-order valence-corrected chi connectivity index (χ4v) is 2.30. The Hall–Kier alpha value is -1.38. The zero-order valence-corrected chi connectivity index (χ0v) is 12.5. The largest absolute Gasteiger partial charge is 0.306 e. The molecule has 2 aromatic carbocycles. The molecule has 0 aliphatic heterocycles. The second kappa shape index (κ2) is 6.87. The van der Waals surface area contributed by atoms with E-state index < -0.39 is 0 Å². The zero-order valence-electron chi connectivity index (χ0n) is 11.8. The maximum Gasteiger partial charge on any atom is 0.127 e. The van der Waals surface area contributed by atoms with Crippen LogP contribution in [0.1, 0.15) is 36.6 Å². The molecule has 3 heteroatoms. The molecule has 0 aliphatic carbocycles. The Kier molecular flexibility index (Phi) is 5.16. The number of halogens is 2. The summed E-state index contributed by atoms with van der Waals surface area (Å²) in [5.74, 6) is -0.226. The van der Waals surface area contributed by atoms with E-state index >= 15 is 0 Å². The van der Waals surface area contributed by atoms with Crippen molar-refractivity contribution in [3.05, 3.63) is 70.0 Å². The normalized spacial score (nSPS) is 12.4. The van der Waals surface area contributed by atoms with Crippen LogP contribution in [0.2, 0.25) is 5.02 Å². The minimum Gasteiger partial charge on any atom is -0.306 e. The minimum absolute atomic E-state index is 0.166. The number of benzene rings is 2. The highest BCUT2D eigenvalue weighted by Crippen LogP contribution is 2.18. The van der Waals surface area contributed by atoms with Crippen LogP contribution in [0.15, 0.2) is 42.5 Å². The van der Waals surface area contributed by atoms with E-state index in [1.54, 1.807) is 12.1 Å². The lowest BCUT2D eigenvalue weighted by Gasteiger charge is -2.15. The van der Waals surface area contributed by atoms with Crippen LogP contribution in [0, 0.1) is 5.82 Å². The number of aryl methyl sites for hydroxylation is 1. The van der Waals surface area contributed by atoms with E-state index in [0.717, 1.165) is 6.42 Å². The highest BCUT2D eigenvalue weighted by molar-refractivity contribution is 6.30. The van der Waals surface area contributed by atoms with E-state index in [1.807, 2.05) is 0 Å². The number of hydrogen-bond donors (Lipinski definition) is 1. The topological polar surface area (TPSA) is 12.0 Å². The number of hydrogen-bond acceptors (Lipinski definition) is 1. The summed E-state index contributed by atoms with van der Waals surface area (Å²) in [6.07, 6.45) is 1.04. The van der Waals surface area contributed by atoms with Crippen LogP contribution in [-0.4, -0.2) is 0 Å². The summed E-state index contributed by atoms with van der Waals surface area (Å²) < 4.78 is 13.6. The third-order valence-electron chi connectivity index (χ3n) is 3.49. The maximum absolute atomic E-state index is 13.6. The van der Waals surface area contributed by atoms with Crippen molar-refractivity contribution in [3.63, 3.8) is 0 Å². The Labute approximate surface area is 124 Å². The average molecular weight is 292 g/mol.